The summed E-state index contributed by atoms with van der Waals surface area (Å²) in [6.45, 7) is 0. The van der Waals surface area contributed by atoms with Gasteiger partial charge in [0, 0.05) is 5.39 Å². The lowest BCUT2D eigenvalue weighted by Crippen LogP contribution is -2.09. The summed E-state index contributed by atoms with van der Waals surface area (Å²) < 4.78 is 11.1. The maximum absolute atomic E-state index is 12.9. The lowest BCUT2D eigenvalue weighted by molar-refractivity contribution is 0.628. The van der Waals surface area contributed by atoms with Crippen molar-refractivity contribution in [2.75, 3.05) is 5.43 Å². The summed E-state index contributed by atoms with van der Waals surface area (Å²) in [6.07, 6.45) is 1.53. The third-order valence-electron chi connectivity index (χ3n) is 3.11. The SMILES string of the molecule is Fc1ccc(C=NNc2nc(C(Cl)(Cl)Cl)nc3ccccc23)cc1. The number of para-hydroxylation sites is 1. The number of benzene rings is 2. The maximum Gasteiger partial charge on any atom is 0.250 e. The van der Waals surface area contributed by atoms with Crippen LogP contribution in [0, 0.1) is 5.82 Å². The summed E-state index contributed by atoms with van der Waals surface area (Å²) in [5.41, 5.74) is 4.16. The van der Waals surface area contributed by atoms with Gasteiger partial charge in [-0.3, -0.25) is 5.43 Å². The number of nitrogens with zero attached hydrogens (tertiary/aromatic N) is 3. The molecule has 122 valence electrons. The molecule has 3 aromatic rings. The normalized spacial score (nSPS) is 12.0. The van der Waals surface area contributed by atoms with E-state index in [2.05, 4.69) is 20.5 Å². The van der Waals surface area contributed by atoms with E-state index < -0.39 is 3.79 Å². The number of rotatable bonds is 3. The van der Waals surface area contributed by atoms with Gasteiger partial charge in [-0.15, -0.1) is 0 Å². The summed E-state index contributed by atoms with van der Waals surface area (Å²) in [5, 5.41) is 4.83. The van der Waals surface area contributed by atoms with Crippen LogP contribution in [0.4, 0.5) is 10.2 Å². The first-order valence-electron chi connectivity index (χ1n) is 6.82. The van der Waals surface area contributed by atoms with E-state index in [9.17, 15) is 4.39 Å². The Kier molecular flexibility index (Phi) is 4.85. The van der Waals surface area contributed by atoms with Crippen molar-refractivity contribution in [2.24, 2.45) is 5.10 Å². The minimum Gasteiger partial charge on any atom is -0.261 e. The molecular weight excluding hydrogens is 374 g/mol. The molecule has 0 aliphatic heterocycles. The van der Waals surface area contributed by atoms with Gasteiger partial charge in [0.25, 0.3) is 0 Å². The first kappa shape index (κ1) is 16.9. The average molecular weight is 384 g/mol. The smallest absolute Gasteiger partial charge is 0.250 e. The second kappa shape index (κ2) is 6.89. The van der Waals surface area contributed by atoms with Crippen molar-refractivity contribution in [3.05, 3.63) is 65.7 Å². The molecule has 0 aliphatic carbocycles. The molecule has 0 atom stereocenters. The van der Waals surface area contributed by atoms with Crippen LogP contribution >= 0.6 is 34.8 Å². The Morgan fingerprint density at radius 1 is 1.00 bits per heavy atom. The third kappa shape index (κ3) is 3.93. The molecule has 4 nitrogen and oxygen atoms in total. The van der Waals surface area contributed by atoms with E-state index in [0.29, 0.717) is 11.3 Å². The second-order valence-electron chi connectivity index (χ2n) is 4.83. The van der Waals surface area contributed by atoms with Gasteiger partial charge in [0.15, 0.2) is 11.6 Å². The molecule has 1 N–H and O–H groups in total. The zero-order valence-electron chi connectivity index (χ0n) is 12.0. The van der Waals surface area contributed by atoms with Crippen LogP contribution in [0.3, 0.4) is 0 Å². The van der Waals surface area contributed by atoms with Crippen molar-refractivity contribution in [1.29, 1.82) is 0 Å². The highest BCUT2D eigenvalue weighted by molar-refractivity contribution is 6.66. The molecule has 0 bridgehead atoms. The van der Waals surface area contributed by atoms with Crippen LogP contribution in [0.15, 0.2) is 53.6 Å². The van der Waals surface area contributed by atoms with Crippen molar-refractivity contribution in [3.63, 3.8) is 0 Å². The largest absolute Gasteiger partial charge is 0.261 e. The number of hydrazone groups is 1. The zero-order chi connectivity index (χ0) is 17.2. The molecule has 0 spiro atoms. The van der Waals surface area contributed by atoms with Gasteiger partial charge in [-0.2, -0.15) is 5.10 Å². The molecule has 0 saturated heterocycles. The summed E-state index contributed by atoms with van der Waals surface area (Å²) >= 11 is 17.6. The van der Waals surface area contributed by atoms with E-state index >= 15 is 0 Å². The number of alkyl halides is 3. The van der Waals surface area contributed by atoms with E-state index in [1.165, 1.54) is 18.3 Å². The van der Waals surface area contributed by atoms with Gasteiger partial charge in [0.2, 0.25) is 3.79 Å². The molecule has 0 unspecified atom stereocenters. The Hall–Kier alpha value is -1.95. The summed E-state index contributed by atoms with van der Waals surface area (Å²) in [6, 6.07) is 13.2. The first-order chi connectivity index (χ1) is 11.4. The van der Waals surface area contributed by atoms with Crippen molar-refractivity contribution in [3.8, 4) is 0 Å². The fourth-order valence-corrected chi connectivity index (χ4v) is 2.26. The van der Waals surface area contributed by atoms with Crippen LogP contribution in [0.1, 0.15) is 11.4 Å². The topological polar surface area (TPSA) is 50.2 Å². The molecule has 0 fully saturated rings. The van der Waals surface area contributed by atoms with Crippen LogP contribution in [-0.2, 0) is 3.79 Å². The predicted octanol–water partition coefficient (Wildman–Crippen LogP) is 5.04. The van der Waals surface area contributed by atoms with Crippen LogP contribution in [0.5, 0.6) is 0 Å². The monoisotopic (exact) mass is 382 g/mol. The Balaban J connectivity index is 1.94. The number of hydrogen-bond donors (Lipinski definition) is 1. The summed E-state index contributed by atoms with van der Waals surface area (Å²) in [4.78, 5) is 8.47. The lowest BCUT2D eigenvalue weighted by Gasteiger charge is -2.12. The first-order valence-corrected chi connectivity index (χ1v) is 7.95. The van der Waals surface area contributed by atoms with Crippen molar-refractivity contribution < 1.29 is 4.39 Å². The summed E-state index contributed by atoms with van der Waals surface area (Å²) in [7, 11) is 0. The van der Waals surface area contributed by atoms with Gasteiger partial charge in [-0.1, -0.05) is 59.1 Å². The van der Waals surface area contributed by atoms with Gasteiger partial charge in [-0.25, -0.2) is 14.4 Å². The van der Waals surface area contributed by atoms with Crippen molar-refractivity contribution >= 4 is 57.7 Å². The minimum atomic E-state index is -1.75. The molecule has 0 amide bonds. The van der Waals surface area contributed by atoms with Crippen LogP contribution in [0.25, 0.3) is 10.9 Å². The van der Waals surface area contributed by atoms with Crippen LogP contribution < -0.4 is 5.43 Å². The van der Waals surface area contributed by atoms with E-state index in [1.807, 2.05) is 18.2 Å². The number of hydrogen-bond acceptors (Lipinski definition) is 4. The van der Waals surface area contributed by atoms with Crippen LogP contribution in [-0.4, -0.2) is 16.2 Å². The quantitative estimate of drug-likeness (QED) is 0.391. The Bertz CT molecular complexity index is 892. The van der Waals surface area contributed by atoms with Crippen LogP contribution in [0.2, 0.25) is 0 Å². The molecule has 24 heavy (non-hydrogen) atoms. The number of nitrogens with one attached hydrogen (secondary N) is 1. The highest BCUT2D eigenvalue weighted by Gasteiger charge is 2.28. The van der Waals surface area contributed by atoms with Gasteiger partial charge in [-0.05, 0) is 29.8 Å². The Morgan fingerprint density at radius 2 is 1.71 bits per heavy atom. The Morgan fingerprint density at radius 3 is 2.42 bits per heavy atom. The summed E-state index contributed by atoms with van der Waals surface area (Å²) in [5.74, 6) is 0.139. The van der Waals surface area contributed by atoms with E-state index in [4.69, 9.17) is 34.8 Å². The van der Waals surface area contributed by atoms with Crippen molar-refractivity contribution in [1.82, 2.24) is 9.97 Å². The highest BCUT2D eigenvalue weighted by Crippen LogP contribution is 2.37. The fraction of sp³-hybridized carbons (Fsp3) is 0.0625. The molecule has 1 aromatic heterocycles. The lowest BCUT2D eigenvalue weighted by atomic mass is 10.2. The van der Waals surface area contributed by atoms with Gasteiger partial charge in [0.1, 0.15) is 5.82 Å². The van der Waals surface area contributed by atoms with Gasteiger partial charge < -0.3 is 0 Å². The second-order valence-corrected chi connectivity index (χ2v) is 7.11. The van der Waals surface area contributed by atoms with Gasteiger partial charge >= 0.3 is 0 Å². The number of anilines is 1. The standard InChI is InChI=1S/C16H10Cl3FN4/c17-16(18,19)15-22-13-4-2-1-3-12(13)14(23-15)24-21-9-10-5-7-11(20)8-6-10/h1-9H,(H,22,23,24). The number of fused-ring (bicyclic) bond motifs is 1. The van der Waals surface area contributed by atoms with Crippen molar-refractivity contribution in [2.45, 2.75) is 3.79 Å². The molecule has 3 rings (SSSR count). The zero-order valence-corrected chi connectivity index (χ0v) is 14.3. The number of aromatic nitrogens is 2. The maximum atomic E-state index is 12.9. The molecule has 0 aliphatic rings. The molecule has 0 saturated carbocycles. The molecule has 0 radical (unpaired) electrons. The fourth-order valence-electron chi connectivity index (χ4n) is 2.01. The highest BCUT2D eigenvalue weighted by atomic mass is 35.6. The molecule has 8 heteroatoms. The number of halogens is 4. The average Bonchev–Trinajstić information content (AvgIpc) is 2.55. The van der Waals surface area contributed by atoms with E-state index in [0.717, 1.165) is 10.9 Å². The van der Waals surface area contributed by atoms with E-state index in [1.54, 1.807) is 18.2 Å². The predicted molar refractivity (Wildman–Crippen MR) is 96.4 cm³/mol. The third-order valence-corrected chi connectivity index (χ3v) is 3.62. The Labute approximate surface area is 152 Å². The van der Waals surface area contributed by atoms with Gasteiger partial charge in [0.05, 0.1) is 11.7 Å². The minimum absolute atomic E-state index is 0.0469. The van der Waals surface area contributed by atoms with E-state index in [-0.39, 0.29) is 11.6 Å². The molecule has 1 heterocycles. The molecule has 2 aromatic carbocycles. The molecular formula is C16H10Cl3FN4.